The molecule has 6 heteroatoms. The van der Waals surface area contributed by atoms with Gasteiger partial charge in [0.05, 0.1) is 6.61 Å². The third kappa shape index (κ3) is 5.55. The highest BCUT2D eigenvalue weighted by Crippen LogP contribution is 2.22. The first-order chi connectivity index (χ1) is 9.19. The van der Waals surface area contributed by atoms with Crippen molar-refractivity contribution in [1.29, 1.82) is 5.41 Å². The zero-order valence-corrected chi connectivity index (χ0v) is 12.2. The SMILES string of the molecule is CPNCCCc1ccc(C(=N)N)cc1OCCO. The van der Waals surface area contributed by atoms with Crippen molar-refractivity contribution in [3.05, 3.63) is 29.3 Å². The summed E-state index contributed by atoms with van der Waals surface area (Å²) in [6.07, 6.45) is 1.92. The lowest BCUT2D eigenvalue weighted by Crippen LogP contribution is -2.12. The molecule has 0 saturated heterocycles. The van der Waals surface area contributed by atoms with E-state index in [0.29, 0.717) is 11.3 Å². The first kappa shape index (κ1) is 15.9. The third-order valence-electron chi connectivity index (χ3n) is 2.65. The van der Waals surface area contributed by atoms with Crippen LogP contribution >= 0.6 is 8.73 Å². The summed E-state index contributed by atoms with van der Waals surface area (Å²) in [7, 11) is 0.758. The third-order valence-corrected chi connectivity index (χ3v) is 3.26. The number of aliphatic hydroxyl groups excluding tert-OH is 1. The van der Waals surface area contributed by atoms with Gasteiger partial charge in [-0.2, -0.15) is 0 Å². The summed E-state index contributed by atoms with van der Waals surface area (Å²) in [6.45, 7) is 3.31. The van der Waals surface area contributed by atoms with Crippen molar-refractivity contribution in [2.75, 3.05) is 26.4 Å². The molecule has 1 aromatic rings. The van der Waals surface area contributed by atoms with Crippen LogP contribution in [-0.2, 0) is 6.42 Å². The predicted octanol–water partition coefficient (Wildman–Crippen LogP) is 1.09. The molecule has 0 radical (unpaired) electrons. The van der Waals surface area contributed by atoms with E-state index in [9.17, 15) is 0 Å². The molecule has 0 saturated carbocycles. The highest BCUT2D eigenvalue weighted by atomic mass is 31.1. The molecule has 1 rings (SSSR count). The second-order valence-corrected chi connectivity index (χ2v) is 4.94. The van der Waals surface area contributed by atoms with Crippen LogP contribution in [0.3, 0.4) is 0 Å². The van der Waals surface area contributed by atoms with E-state index in [2.05, 4.69) is 11.8 Å². The molecule has 5 N–H and O–H groups in total. The van der Waals surface area contributed by atoms with Gasteiger partial charge in [-0.05, 0) is 37.7 Å². The number of nitrogen functional groups attached to an aromatic ring is 1. The molecule has 1 atom stereocenters. The molecule has 1 unspecified atom stereocenters. The summed E-state index contributed by atoms with van der Waals surface area (Å²) in [6, 6.07) is 5.54. The number of nitrogens with two attached hydrogens (primary N) is 1. The van der Waals surface area contributed by atoms with Crippen LogP contribution in [-0.4, -0.2) is 37.4 Å². The van der Waals surface area contributed by atoms with Gasteiger partial charge in [0.25, 0.3) is 0 Å². The molecule has 0 fully saturated rings. The standard InChI is InChI=1S/C13H22N3O2P/c1-19-16-6-2-3-10-4-5-11(13(14)15)9-12(10)18-8-7-17/h4-5,9,16-17,19H,2-3,6-8H2,1H3,(H3,14,15). The summed E-state index contributed by atoms with van der Waals surface area (Å²) in [4.78, 5) is 0. The van der Waals surface area contributed by atoms with Gasteiger partial charge in [-0.3, -0.25) is 10.5 Å². The first-order valence-electron chi connectivity index (χ1n) is 6.29. The highest BCUT2D eigenvalue weighted by molar-refractivity contribution is 7.34. The lowest BCUT2D eigenvalue weighted by atomic mass is 10.1. The molecule has 0 bridgehead atoms. The molecule has 0 amide bonds. The summed E-state index contributed by atoms with van der Waals surface area (Å²) < 4.78 is 5.51. The van der Waals surface area contributed by atoms with Gasteiger partial charge in [-0.1, -0.05) is 20.9 Å². The Kier molecular flexibility index (Phi) is 7.41. The lowest BCUT2D eigenvalue weighted by Gasteiger charge is -2.12. The normalized spacial score (nSPS) is 11.1. The molecule has 0 aliphatic rings. The van der Waals surface area contributed by atoms with Gasteiger partial charge in [0.2, 0.25) is 0 Å². The largest absolute Gasteiger partial charge is 0.491 e. The predicted molar refractivity (Wildman–Crippen MR) is 80.6 cm³/mol. The minimum Gasteiger partial charge on any atom is -0.491 e. The Balaban J connectivity index is 2.73. The molecule has 0 spiro atoms. The maximum atomic E-state index is 8.84. The zero-order valence-electron chi connectivity index (χ0n) is 11.2. The van der Waals surface area contributed by atoms with Crippen LogP contribution in [0.5, 0.6) is 5.75 Å². The maximum Gasteiger partial charge on any atom is 0.123 e. The molecule has 5 nitrogen and oxygen atoms in total. The zero-order chi connectivity index (χ0) is 14.1. The Hall–Kier alpha value is -1.16. The monoisotopic (exact) mass is 283 g/mol. The van der Waals surface area contributed by atoms with E-state index in [1.807, 2.05) is 12.1 Å². The minimum atomic E-state index is -0.0255. The number of nitrogens with one attached hydrogen (secondary N) is 2. The van der Waals surface area contributed by atoms with E-state index < -0.39 is 0 Å². The second-order valence-electron chi connectivity index (χ2n) is 4.09. The van der Waals surface area contributed by atoms with Crippen LogP contribution in [0.1, 0.15) is 17.5 Å². The molecule has 0 aromatic heterocycles. The van der Waals surface area contributed by atoms with Gasteiger partial charge in [0.15, 0.2) is 0 Å². The number of amidine groups is 1. The van der Waals surface area contributed by atoms with Gasteiger partial charge < -0.3 is 15.6 Å². The van der Waals surface area contributed by atoms with Crippen molar-refractivity contribution in [3.8, 4) is 5.75 Å². The molecule has 0 aliphatic heterocycles. The van der Waals surface area contributed by atoms with Gasteiger partial charge in [0, 0.05) is 5.56 Å². The summed E-state index contributed by atoms with van der Waals surface area (Å²) in [5.74, 6) is 0.731. The molecular formula is C13H22N3O2P. The quantitative estimate of drug-likeness (QED) is 0.236. The minimum absolute atomic E-state index is 0.0225. The Bertz CT molecular complexity index is 413. The number of ether oxygens (including phenoxy) is 1. The van der Waals surface area contributed by atoms with Crippen LogP contribution < -0.4 is 15.6 Å². The Labute approximate surface area is 115 Å². The number of benzene rings is 1. The van der Waals surface area contributed by atoms with E-state index in [-0.39, 0.29) is 19.0 Å². The molecule has 0 heterocycles. The first-order valence-corrected chi connectivity index (χ1v) is 7.79. The number of aryl methyl sites for hydroxylation is 1. The van der Waals surface area contributed by atoms with Crippen molar-refractivity contribution in [3.63, 3.8) is 0 Å². The van der Waals surface area contributed by atoms with Crippen molar-refractivity contribution >= 4 is 14.6 Å². The van der Waals surface area contributed by atoms with Crippen LogP contribution in [0.2, 0.25) is 0 Å². The highest BCUT2D eigenvalue weighted by Gasteiger charge is 2.07. The summed E-state index contributed by atoms with van der Waals surface area (Å²) >= 11 is 0. The second kappa shape index (κ2) is 8.86. The average Bonchev–Trinajstić information content (AvgIpc) is 2.41. The Morgan fingerprint density at radius 2 is 2.32 bits per heavy atom. The Morgan fingerprint density at radius 3 is 2.95 bits per heavy atom. The van der Waals surface area contributed by atoms with Gasteiger partial charge in [-0.25, -0.2) is 0 Å². The molecule has 0 aliphatic carbocycles. The van der Waals surface area contributed by atoms with Crippen LogP contribution in [0.25, 0.3) is 0 Å². The van der Waals surface area contributed by atoms with E-state index in [0.717, 1.165) is 33.7 Å². The van der Waals surface area contributed by atoms with E-state index >= 15 is 0 Å². The summed E-state index contributed by atoms with van der Waals surface area (Å²) in [5, 5.41) is 19.6. The van der Waals surface area contributed by atoms with E-state index in [4.69, 9.17) is 21.0 Å². The van der Waals surface area contributed by atoms with Crippen molar-refractivity contribution in [2.24, 2.45) is 5.73 Å². The molecule has 19 heavy (non-hydrogen) atoms. The van der Waals surface area contributed by atoms with Crippen molar-refractivity contribution < 1.29 is 9.84 Å². The summed E-state index contributed by atoms with van der Waals surface area (Å²) in [5.41, 5.74) is 7.20. The smallest absolute Gasteiger partial charge is 0.123 e. The van der Waals surface area contributed by atoms with Gasteiger partial charge >= 0.3 is 0 Å². The fourth-order valence-corrected chi connectivity index (χ4v) is 2.14. The number of aliphatic hydroxyl groups is 1. The fourth-order valence-electron chi connectivity index (χ4n) is 1.71. The number of hydrogen-bond acceptors (Lipinski definition) is 4. The number of hydrogen-bond donors (Lipinski definition) is 4. The molecule has 106 valence electrons. The van der Waals surface area contributed by atoms with Gasteiger partial charge in [0.1, 0.15) is 18.2 Å². The number of rotatable bonds is 9. The van der Waals surface area contributed by atoms with Crippen LogP contribution in [0.15, 0.2) is 18.2 Å². The average molecular weight is 283 g/mol. The maximum absolute atomic E-state index is 8.84. The van der Waals surface area contributed by atoms with Crippen molar-refractivity contribution in [1.82, 2.24) is 5.09 Å². The fraction of sp³-hybridized carbons (Fsp3) is 0.462. The van der Waals surface area contributed by atoms with E-state index in [1.165, 1.54) is 0 Å². The lowest BCUT2D eigenvalue weighted by molar-refractivity contribution is 0.200. The molecule has 1 aromatic carbocycles. The van der Waals surface area contributed by atoms with E-state index in [1.54, 1.807) is 6.07 Å². The molecular weight excluding hydrogens is 261 g/mol. The van der Waals surface area contributed by atoms with Gasteiger partial charge in [-0.15, -0.1) is 0 Å². The van der Waals surface area contributed by atoms with Crippen LogP contribution in [0.4, 0.5) is 0 Å². The van der Waals surface area contributed by atoms with Crippen molar-refractivity contribution in [2.45, 2.75) is 12.8 Å². The van der Waals surface area contributed by atoms with Crippen LogP contribution in [0, 0.1) is 5.41 Å². The Morgan fingerprint density at radius 1 is 1.53 bits per heavy atom. The topological polar surface area (TPSA) is 91.4 Å².